The highest BCUT2D eigenvalue weighted by molar-refractivity contribution is 6.33. The van der Waals surface area contributed by atoms with Crippen LogP contribution >= 0.6 is 11.6 Å². The smallest absolute Gasteiger partial charge is 0.417 e. The van der Waals surface area contributed by atoms with Gasteiger partial charge in [0.15, 0.2) is 17.3 Å². The molecule has 3 aromatic rings. The minimum absolute atomic E-state index is 0.0822. The molecule has 0 radical (unpaired) electrons. The van der Waals surface area contributed by atoms with E-state index in [4.69, 9.17) is 35.0 Å². The summed E-state index contributed by atoms with van der Waals surface area (Å²) in [6, 6.07) is 7.42. The minimum atomic E-state index is -4.58. The number of carbonyl (C=O) groups excluding carboxylic acids is 1. The molecule has 1 aromatic carbocycles. The molecule has 1 amide bonds. The monoisotopic (exact) mass is 566 g/mol. The van der Waals surface area contributed by atoms with Gasteiger partial charge in [-0.1, -0.05) is 11.6 Å². The Morgan fingerprint density at radius 2 is 2.08 bits per heavy atom. The van der Waals surface area contributed by atoms with Gasteiger partial charge in [-0.2, -0.15) is 13.2 Å². The number of alkyl halides is 3. The van der Waals surface area contributed by atoms with Crippen LogP contribution in [0.25, 0.3) is 11.3 Å². The number of fused-ring (bicyclic) bond motifs is 1. The highest BCUT2D eigenvalue weighted by Gasteiger charge is 2.32. The lowest BCUT2D eigenvalue weighted by atomic mass is 10.0. The molecule has 1 unspecified atom stereocenters. The van der Waals surface area contributed by atoms with E-state index in [2.05, 4.69) is 4.98 Å². The Hall–Kier alpha value is -3.28. The van der Waals surface area contributed by atoms with Crippen molar-refractivity contribution in [3.8, 4) is 22.8 Å². The number of nitrogens with zero attached hydrogens (tertiary/aromatic N) is 2. The largest absolute Gasteiger partial charge is 0.487 e. The first-order valence-corrected chi connectivity index (χ1v) is 12.7. The van der Waals surface area contributed by atoms with Crippen molar-refractivity contribution in [3.05, 3.63) is 64.2 Å². The van der Waals surface area contributed by atoms with Crippen LogP contribution in [0.5, 0.6) is 11.5 Å². The standard InChI is InChI=1S/C27H26ClF3N2O6/c1-35-14-20-4-5-22(39-20)26(34)33-6-8-37-25-17(13-33)9-16(10-23(25)38-15-19-3-2-7-36-19)24-21(28)11-18(12-32-24)27(29,30)31/h4-5,9-12,19H,2-3,6-8,13-15H2,1H3. The van der Waals surface area contributed by atoms with Crippen molar-refractivity contribution in [2.24, 2.45) is 0 Å². The van der Waals surface area contributed by atoms with E-state index in [0.29, 0.717) is 35.0 Å². The van der Waals surface area contributed by atoms with E-state index in [-0.39, 0.29) is 61.4 Å². The SMILES string of the molecule is COCc1ccc(C(=O)N2CCOc3c(cc(-c4ncc(C(F)(F)F)cc4Cl)cc3OCC3CCCO3)C2)o1. The molecule has 1 saturated heterocycles. The van der Waals surface area contributed by atoms with Gasteiger partial charge in [0.05, 0.1) is 35.5 Å². The van der Waals surface area contributed by atoms with E-state index in [1.165, 1.54) is 7.11 Å². The van der Waals surface area contributed by atoms with Crippen molar-refractivity contribution in [1.29, 1.82) is 0 Å². The zero-order valence-electron chi connectivity index (χ0n) is 21.1. The Balaban J connectivity index is 1.49. The maximum atomic E-state index is 13.3. The number of carbonyl (C=O) groups is 1. The molecule has 0 saturated carbocycles. The Morgan fingerprint density at radius 1 is 1.23 bits per heavy atom. The Kier molecular flexibility index (Phi) is 8.01. The molecule has 2 aliphatic heterocycles. The van der Waals surface area contributed by atoms with Gasteiger partial charge in [0.25, 0.3) is 5.91 Å². The Bertz CT molecular complexity index is 1340. The molecule has 2 aliphatic rings. The average Bonchev–Trinajstić information content (AvgIpc) is 3.54. The molecule has 1 atom stereocenters. The number of halogens is 4. The summed E-state index contributed by atoms with van der Waals surface area (Å²) in [5.74, 6) is 1.14. The van der Waals surface area contributed by atoms with Gasteiger partial charge in [-0.05, 0) is 43.2 Å². The van der Waals surface area contributed by atoms with E-state index in [1.807, 2.05) is 0 Å². The number of methoxy groups -OCH3 is 1. The molecule has 39 heavy (non-hydrogen) atoms. The number of ether oxygens (including phenoxy) is 4. The second-order valence-electron chi connectivity index (χ2n) is 9.23. The van der Waals surface area contributed by atoms with Crippen LogP contribution in [0.2, 0.25) is 5.02 Å². The van der Waals surface area contributed by atoms with Crippen molar-refractivity contribution in [3.63, 3.8) is 0 Å². The number of furan rings is 1. The van der Waals surface area contributed by atoms with E-state index in [1.54, 1.807) is 29.2 Å². The third kappa shape index (κ3) is 6.15. The lowest BCUT2D eigenvalue weighted by molar-refractivity contribution is -0.137. The number of rotatable bonds is 7. The van der Waals surface area contributed by atoms with Crippen LogP contribution in [0.3, 0.4) is 0 Å². The second kappa shape index (κ2) is 11.4. The van der Waals surface area contributed by atoms with Crippen molar-refractivity contribution < 1.29 is 41.3 Å². The first kappa shape index (κ1) is 27.3. The number of amides is 1. The molecule has 2 aromatic heterocycles. The zero-order chi connectivity index (χ0) is 27.6. The fourth-order valence-corrected chi connectivity index (χ4v) is 4.81. The summed E-state index contributed by atoms with van der Waals surface area (Å²) in [6.07, 6.45) is -2.14. The molecule has 0 bridgehead atoms. The van der Waals surface area contributed by atoms with E-state index >= 15 is 0 Å². The maximum absolute atomic E-state index is 13.3. The summed E-state index contributed by atoms with van der Waals surface area (Å²) in [7, 11) is 1.53. The number of aromatic nitrogens is 1. The second-order valence-corrected chi connectivity index (χ2v) is 9.64. The van der Waals surface area contributed by atoms with Crippen LogP contribution in [0, 0.1) is 0 Å². The summed E-state index contributed by atoms with van der Waals surface area (Å²) in [5.41, 5.74) is 0.203. The predicted octanol–water partition coefficient (Wildman–Crippen LogP) is 5.75. The van der Waals surface area contributed by atoms with E-state index in [0.717, 1.165) is 25.1 Å². The van der Waals surface area contributed by atoms with Gasteiger partial charge in [0.2, 0.25) is 0 Å². The molecular weight excluding hydrogens is 541 g/mol. The molecule has 12 heteroatoms. The fourth-order valence-electron chi connectivity index (χ4n) is 4.53. The number of benzene rings is 1. The summed E-state index contributed by atoms with van der Waals surface area (Å²) in [6.45, 7) is 1.76. The van der Waals surface area contributed by atoms with Crippen LogP contribution in [0.1, 0.15) is 40.3 Å². The molecular formula is C27H26ClF3N2O6. The van der Waals surface area contributed by atoms with Gasteiger partial charge in [0.1, 0.15) is 25.6 Å². The van der Waals surface area contributed by atoms with Gasteiger partial charge < -0.3 is 28.3 Å². The average molecular weight is 567 g/mol. The normalized spacial score (nSPS) is 17.5. The highest BCUT2D eigenvalue weighted by Crippen LogP contribution is 2.41. The van der Waals surface area contributed by atoms with Crippen molar-refractivity contribution in [2.75, 3.05) is 33.5 Å². The summed E-state index contributed by atoms with van der Waals surface area (Å²) >= 11 is 6.26. The Labute approximate surface area is 227 Å². The summed E-state index contributed by atoms with van der Waals surface area (Å²) in [5, 5.41) is -0.168. The Morgan fingerprint density at radius 3 is 2.79 bits per heavy atom. The van der Waals surface area contributed by atoms with Gasteiger partial charge in [-0.15, -0.1) is 0 Å². The first-order valence-electron chi connectivity index (χ1n) is 12.4. The van der Waals surface area contributed by atoms with Gasteiger partial charge in [-0.3, -0.25) is 9.78 Å². The molecule has 5 rings (SSSR count). The quantitative estimate of drug-likeness (QED) is 0.360. The van der Waals surface area contributed by atoms with Gasteiger partial charge in [-0.25, -0.2) is 0 Å². The van der Waals surface area contributed by atoms with Crippen molar-refractivity contribution in [2.45, 2.75) is 38.3 Å². The molecule has 0 N–H and O–H groups in total. The third-order valence-corrected chi connectivity index (χ3v) is 6.73. The highest BCUT2D eigenvalue weighted by atomic mass is 35.5. The minimum Gasteiger partial charge on any atom is -0.487 e. The van der Waals surface area contributed by atoms with Crippen LogP contribution < -0.4 is 9.47 Å². The number of hydrogen-bond acceptors (Lipinski definition) is 7. The van der Waals surface area contributed by atoms with Crippen molar-refractivity contribution >= 4 is 17.5 Å². The first-order chi connectivity index (χ1) is 18.7. The lowest BCUT2D eigenvalue weighted by Gasteiger charge is -2.20. The van der Waals surface area contributed by atoms with Crippen LogP contribution in [0.15, 0.2) is 40.9 Å². The molecule has 208 valence electrons. The van der Waals surface area contributed by atoms with E-state index < -0.39 is 11.7 Å². The summed E-state index contributed by atoms with van der Waals surface area (Å²) in [4.78, 5) is 18.8. The molecule has 1 fully saturated rings. The molecule has 0 spiro atoms. The van der Waals surface area contributed by atoms with Crippen LogP contribution in [-0.2, 0) is 28.8 Å². The van der Waals surface area contributed by atoms with Gasteiger partial charge in [0, 0.05) is 31.0 Å². The van der Waals surface area contributed by atoms with Crippen LogP contribution in [-0.4, -0.2) is 55.4 Å². The fraction of sp³-hybridized carbons (Fsp3) is 0.407. The number of pyridine rings is 1. The van der Waals surface area contributed by atoms with E-state index in [9.17, 15) is 18.0 Å². The predicted molar refractivity (Wildman–Crippen MR) is 134 cm³/mol. The maximum Gasteiger partial charge on any atom is 0.417 e. The summed E-state index contributed by atoms with van der Waals surface area (Å²) < 4.78 is 68.0. The van der Waals surface area contributed by atoms with Crippen molar-refractivity contribution in [1.82, 2.24) is 9.88 Å². The zero-order valence-corrected chi connectivity index (χ0v) is 21.8. The molecule has 4 heterocycles. The lowest BCUT2D eigenvalue weighted by Crippen LogP contribution is -2.32. The molecule has 0 aliphatic carbocycles. The topological polar surface area (TPSA) is 83.3 Å². The van der Waals surface area contributed by atoms with Gasteiger partial charge >= 0.3 is 6.18 Å². The van der Waals surface area contributed by atoms with Crippen LogP contribution in [0.4, 0.5) is 13.2 Å². The number of hydrogen-bond donors (Lipinski definition) is 0. The third-order valence-electron chi connectivity index (χ3n) is 6.44. The molecule has 8 nitrogen and oxygen atoms in total.